The Morgan fingerprint density at radius 3 is 2.63 bits per heavy atom. The average molecular weight is 430 g/mol. The molecule has 0 aliphatic heterocycles. The number of nitrogens with zero attached hydrogens (tertiary/aromatic N) is 3. The van der Waals surface area contributed by atoms with Gasteiger partial charge in [-0.2, -0.15) is 0 Å². The van der Waals surface area contributed by atoms with E-state index in [2.05, 4.69) is 27.8 Å². The molecule has 0 bridgehead atoms. The molecule has 2 amide bonds. The largest absolute Gasteiger partial charge is 0.352 e. The Labute approximate surface area is 182 Å². The van der Waals surface area contributed by atoms with Crippen molar-refractivity contribution in [2.24, 2.45) is 13.0 Å². The van der Waals surface area contributed by atoms with Crippen molar-refractivity contribution in [1.29, 1.82) is 0 Å². The molecule has 2 N–H and O–H groups in total. The van der Waals surface area contributed by atoms with E-state index in [1.807, 2.05) is 39.1 Å². The number of nitrogens with one attached hydrogen (secondary N) is 2. The van der Waals surface area contributed by atoms with Crippen LogP contribution >= 0.6 is 11.8 Å². The second kappa shape index (κ2) is 10.1. The van der Waals surface area contributed by atoms with Gasteiger partial charge < -0.3 is 15.2 Å². The normalized spacial score (nSPS) is 18.8. The molecule has 1 heterocycles. The molecule has 1 aliphatic carbocycles. The molecule has 0 spiro atoms. The van der Waals surface area contributed by atoms with Crippen LogP contribution in [0.2, 0.25) is 0 Å². The van der Waals surface area contributed by atoms with Crippen LogP contribution in [0.4, 0.5) is 5.69 Å². The molecule has 1 fully saturated rings. The van der Waals surface area contributed by atoms with Crippen molar-refractivity contribution in [3.05, 3.63) is 35.2 Å². The Hall–Kier alpha value is -2.35. The summed E-state index contributed by atoms with van der Waals surface area (Å²) in [7, 11) is 1.82. The fourth-order valence-corrected chi connectivity index (χ4v) is 4.44. The molecule has 1 aromatic carbocycles. The topological polar surface area (TPSA) is 88.9 Å². The standard InChI is InChI=1S/C22H31N5O2S/c1-14-9-10-17(11-16(14)3)23-20(28)12-19-25-26-22(27(19)4)30-13-21(29)24-18-8-6-5-7-15(18)2/h9-11,15,18H,5-8,12-13H2,1-4H3,(H,23,28)(H,24,29). The Morgan fingerprint density at radius 1 is 1.13 bits per heavy atom. The predicted molar refractivity (Wildman–Crippen MR) is 120 cm³/mol. The Balaban J connectivity index is 1.50. The number of anilines is 1. The van der Waals surface area contributed by atoms with E-state index in [1.54, 1.807) is 4.57 Å². The van der Waals surface area contributed by atoms with Gasteiger partial charge in [0.2, 0.25) is 11.8 Å². The maximum atomic E-state index is 12.4. The molecular formula is C22H31N5O2S. The predicted octanol–water partition coefficient (Wildman–Crippen LogP) is 3.40. The highest BCUT2D eigenvalue weighted by molar-refractivity contribution is 7.99. The van der Waals surface area contributed by atoms with E-state index in [4.69, 9.17) is 0 Å². The highest BCUT2D eigenvalue weighted by Crippen LogP contribution is 2.24. The third-order valence-electron chi connectivity index (χ3n) is 5.82. The number of aromatic nitrogens is 3. The van der Waals surface area contributed by atoms with Crippen molar-refractivity contribution < 1.29 is 9.59 Å². The molecule has 7 nitrogen and oxygen atoms in total. The fourth-order valence-electron chi connectivity index (χ4n) is 3.70. The number of carbonyl (C=O) groups excluding carboxylic acids is 2. The van der Waals surface area contributed by atoms with Crippen molar-refractivity contribution in [1.82, 2.24) is 20.1 Å². The zero-order chi connectivity index (χ0) is 21.7. The van der Waals surface area contributed by atoms with Gasteiger partial charge in [-0.3, -0.25) is 9.59 Å². The van der Waals surface area contributed by atoms with E-state index in [0.717, 1.165) is 17.7 Å². The van der Waals surface area contributed by atoms with Gasteiger partial charge in [-0.1, -0.05) is 37.6 Å². The number of hydrogen-bond donors (Lipinski definition) is 2. The second-order valence-electron chi connectivity index (χ2n) is 8.21. The average Bonchev–Trinajstić information content (AvgIpc) is 3.04. The van der Waals surface area contributed by atoms with E-state index in [-0.39, 0.29) is 24.3 Å². The third kappa shape index (κ3) is 5.84. The third-order valence-corrected chi connectivity index (χ3v) is 6.84. The van der Waals surface area contributed by atoms with Gasteiger partial charge in [0.05, 0.1) is 12.2 Å². The maximum Gasteiger partial charge on any atom is 0.232 e. The van der Waals surface area contributed by atoms with Gasteiger partial charge in [0, 0.05) is 18.8 Å². The fraction of sp³-hybridized carbons (Fsp3) is 0.545. The van der Waals surface area contributed by atoms with Crippen molar-refractivity contribution in [2.75, 3.05) is 11.1 Å². The summed E-state index contributed by atoms with van der Waals surface area (Å²) in [5.41, 5.74) is 3.09. The molecular weight excluding hydrogens is 398 g/mol. The van der Waals surface area contributed by atoms with E-state index in [0.29, 0.717) is 22.7 Å². The number of thioether (sulfide) groups is 1. The summed E-state index contributed by atoms with van der Waals surface area (Å²) in [4.78, 5) is 24.7. The lowest BCUT2D eigenvalue weighted by Gasteiger charge is -2.29. The molecule has 2 aromatic rings. The smallest absolute Gasteiger partial charge is 0.232 e. The van der Waals surface area contributed by atoms with Gasteiger partial charge in [-0.25, -0.2) is 0 Å². The maximum absolute atomic E-state index is 12.4. The van der Waals surface area contributed by atoms with E-state index in [1.165, 1.54) is 36.6 Å². The first kappa shape index (κ1) is 22.3. The van der Waals surface area contributed by atoms with Crippen LogP contribution in [0.3, 0.4) is 0 Å². The molecule has 2 unspecified atom stereocenters. The van der Waals surface area contributed by atoms with Crippen molar-refractivity contribution in [3.63, 3.8) is 0 Å². The monoisotopic (exact) mass is 429 g/mol. The summed E-state index contributed by atoms with van der Waals surface area (Å²) in [5.74, 6) is 1.28. The highest BCUT2D eigenvalue weighted by atomic mass is 32.2. The quantitative estimate of drug-likeness (QED) is 0.659. The first-order chi connectivity index (χ1) is 14.3. The van der Waals surface area contributed by atoms with Crippen LogP contribution in [0, 0.1) is 19.8 Å². The molecule has 0 radical (unpaired) electrons. The van der Waals surface area contributed by atoms with E-state index in [9.17, 15) is 9.59 Å². The van der Waals surface area contributed by atoms with Gasteiger partial charge in [-0.05, 0) is 55.9 Å². The summed E-state index contributed by atoms with van der Waals surface area (Å²) in [6.07, 6.45) is 4.79. The van der Waals surface area contributed by atoms with Crippen LogP contribution in [0.5, 0.6) is 0 Å². The molecule has 3 rings (SSSR count). The molecule has 8 heteroatoms. The van der Waals surface area contributed by atoms with Crippen molar-refractivity contribution in [3.8, 4) is 0 Å². The van der Waals surface area contributed by atoms with Crippen LogP contribution in [0.15, 0.2) is 23.4 Å². The van der Waals surface area contributed by atoms with Gasteiger partial charge in [0.25, 0.3) is 0 Å². The Morgan fingerprint density at radius 2 is 1.90 bits per heavy atom. The molecule has 1 aliphatic rings. The van der Waals surface area contributed by atoms with Gasteiger partial charge in [0.1, 0.15) is 5.82 Å². The van der Waals surface area contributed by atoms with Gasteiger partial charge in [-0.15, -0.1) is 10.2 Å². The minimum absolute atomic E-state index is 0.0239. The van der Waals surface area contributed by atoms with E-state index < -0.39 is 0 Å². The molecule has 2 atom stereocenters. The zero-order valence-corrected chi connectivity index (χ0v) is 19.0. The lowest BCUT2D eigenvalue weighted by Crippen LogP contribution is -2.41. The molecule has 1 aromatic heterocycles. The summed E-state index contributed by atoms with van der Waals surface area (Å²) < 4.78 is 1.78. The van der Waals surface area contributed by atoms with Crippen LogP contribution in [-0.2, 0) is 23.1 Å². The summed E-state index contributed by atoms with van der Waals surface area (Å²) in [6, 6.07) is 6.11. The number of hydrogen-bond acceptors (Lipinski definition) is 5. The Bertz CT molecular complexity index is 911. The van der Waals surface area contributed by atoms with Crippen molar-refractivity contribution >= 4 is 29.3 Å². The highest BCUT2D eigenvalue weighted by Gasteiger charge is 2.23. The molecule has 162 valence electrons. The summed E-state index contributed by atoms with van der Waals surface area (Å²) in [5, 5.41) is 15.0. The van der Waals surface area contributed by atoms with Crippen LogP contribution in [-0.4, -0.2) is 38.4 Å². The zero-order valence-electron chi connectivity index (χ0n) is 18.2. The second-order valence-corrected chi connectivity index (χ2v) is 9.15. The van der Waals surface area contributed by atoms with Gasteiger partial charge in [0.15, 0.2) is 5.16 Å². The van der Waals surface area contributed by atoms with Crippen LogP contribution < -0.4 is 10.6 Å². The van der Waals surface area contributed by atoms with Crippen LogP contribution in [0.1, 0.15) is 49.6 Å². The minimum Gasteiger partial charge on any atom is -0.352 e. The number of aryl methyl sites for hydroxylation is 2. The van der Waals surface area contributed by atoms with Gasteiger partial charge >= 0.3 is 0 Å². The summed E-state index contributed by atoms with van der Waals surface area (Å²) in [6.45, 7) is 6.26. The SMILES string of the molecule is Cc1ccc(NC(=O)Cc2nnc(SCC(=O)NC3CCCCC3C)n2C)cc1C. The number of benzene rings is 1. The van der Waals surface area contributed by atoms with E-state index >= 15 is 0 Å². The lowest BCUT2D eigenvalue weighted by molar-refractivity contribution is -0.120. The summed E-state index contributed by atoms with van der Waals surface area (Å²) >= 11 is 1.35. The molecule has 30 heavy (non-hydrogen) atoms. The minimum atomic E-state index is -0.144. The Kier molecular flexibility index (Phi) is 7.53. The molecule has 0 saturated heterocycles. The first-order valence-corrected chi connectivity index (χ1v) is 11.5. The molecule has 1 saturated carbocycles. The lowest BCUT2D eigenvalue weighted by atomic mass is 9.86. The van der Waals surface area contributed by atoms with Crippen LogP contribution in [0.25, 0.3) is 0 Å². The first-order valence-electron chi connectivity index (χ1n) is 10.5. The van der Waals surface area contributed by atoms with Crippen molar-refractivity contribution in [2.45, 2.75) is 64.1 Å². The number of amides is 2. The number of carbonyl (C=O) groups is 2. The number of rotatable bonds is 7.